The molecule has 9 nitrogen and oxygen atoms in total. The first-order valence-corrected chi connectivity index (χ1v) is 11.6. The quantitative estimate of drug-likeness (QED) is 0.466. The Morgan fingerprint density at radius 1 is 1.14 bits per heavy atom. The van der Waals surface area contributed by atoms with E-state index in [2.05, 4.69) is 15.6 Å². The predicted octanol–water partition coefficient (Wildman–Crippen LogP) is 3.03. The number of carbonyl (C=O) groups is 2. The third-order valence-corrected chi connectivity index (χ3v) is 6.37. The van der Waals surface area contributed by atoms with Crippen molar-refractivity contribution in [2.45, 2.75) is 32.5 Å². The topological polar surface area (TPSA) is 117 Å². The zero-order valence-electron chi connectivity index (χ0n) is 19.9. The summed E-state index contributed by atoms with van der Waals surface area (Å²) in [6, 6.07) is 6.30. The molecule has 0 spiro atoms. The van der Waals surface area contributed by atoms with Crippen molar-refractivity contribution in [1.82, 2.24) is 19.8 Å². The Bertz CT molecular complexity index is 1410. The van der Waals surface area contributed by atoms with Crippen molar-refractivity contribution in [3.63, 3.8) is 0 Å². The molecule has 0 aliphatic carbocycles. The van der Waals surface area contributed by atoms with Crippen LogP contribution < -0.4 is 16.2 Å². The standard InChI is InChI=1S/C25H25ClFN5O4/c1-13(14(2)33)29-23(34)18-12-28-7-6-20(18)30-21-11-17(16-10-15(26)4-5-19(16)27)24(35)32-9-8-31(3)25(36)22(21)32/h4-7,10-14,33H,8-9H2,1-3H3,(H,28,30)(H,29,34). The number of halogens is 2. The van der Waals surface area contributed by atoms with Gasteiger partial charge >= 0.3 is 0 Å². The van der Waals surface area contributed by atoms with E-state index in [0.29, 0.717) is 12.2 Å². The zero-order chi connectivity index (χ0) is 26.1. The van der Waals surface area contributed by atoms with Gasteiger partial charge in [-0.25, -0.2) is 4.39 Å². The number of rotatable bonds is 6. The van der Waals surface area contributed by atoms with Crippen LogP contribution in [0.3, 0.4) is 0 Å². The van der Waals surface area contributed by atoms with Gasteiger partial charge in [0, 0.05) is 43.1 Å². The lowest BCUT2D eigenvalue weighted by Gasteiger charge is -2.29. The fourth-order valence-electron chi connectivity index (χ4n) is 3.87. The predicted molar refractivity (Wildman–Crippen MR) is 134 cm³/mol. The first kappa shape index (κ1) is 25.3. The van der Waals surface area contributed by atoms with Crippen LogP contribution >= 0.6 is 11.6 Å². The largest absolute Gasteiger partial charge is 0.391 e. The number of amides is 2. The molecule has 0 fully saturated rings. The second kappa shape index (κ2) is 10.1. The Morgan fingerprint density at radius 2 is 1.89 bits per heavy atom. The average Bonchev–Trinajstić information content (AvgIpc) is 2.84. The van der Waals surface area contributed by atoms with Crippen LogP contribution in [0.1, 0.15) is 34.7 Å². The van der Waals surface area contributed by atoms with Crippen molar-refractivity contribution in [1.29, 1.82) is 0 Å². The molecule has 3 aromatic rings. The molecule has 0 bridgehead atoms. The average molecular weight is 514 g/mol. The monoisotopic (exact) mass is 513 g/mol. The molecule has 1 aliphatic heterocycles. The summed E-state index contributed by atoms with van der Waals surface area (Å²) in [5, 5.41) is 15.8. The summed E-state index contributed by atoms with van der Waals surface area (Å²) >= 11 is 6.07. The smallest absolute Gasteiger partial charge is 0.272 e. The summed E-state index contributed by atoms with van der Waals surface area (Å²) in [7, 11) is 1.62. The fourth-order valence-corrected chi connectivity index (χ4v) is 4.04. The van der Waals surface area contributed by atoms with Crippen LogP contribution in [0.2, 0.25) is 5.02 Å². The molecule has 1 aromatic carbocycles. The van der Waals surface area contributed by atoms with Crippen molar-refractivity contribution in [3.8, 4) is 11.1 Å². The number of carbonyl (C=O) groups excluding carboxylic acids is 2. The van der Waals surface area contributed by atoms with Crippen molar-refractivity contribution in [2.75, 3.05) is 18.9 Å². The number of benzene rings is 1. The van der Waals surface area contributed by atoms with Gasteiger partial charge in [0.1, 0.15) is 11.5 Å². The second-order valence-corrected chi connectivity index (χ2v) is 9.11. The van der Waals surface area contributed by atoms with Gasteiger partial charge in [-0.05, 0) is 44.2 Å². The lowest BCUT2D eigenvalue weighted by Crippen LogP contribution is -2.43. The third kappa shape index (κ3) is 4.82. The summed E-state index contributed by atoms with van der Waals surface area (Å²) in [4.78, 5) is 44.8. The Balaban J connectivity index is 1.87. The minimum Gasteiger partial charge on any atom is -0.391 e. The summed E-state index contributed by atoms with van der Waals surface area (Å²) in [5.74, 6) is -1.54. The fraction of sp³-hybridized carbons (Fsp3) is 0.280. The molecule has 1 aliphatic rings. The minimum atomic E-state index is -0.779. The summed E-state index contributed by atoms with van der Waals surface area (Å²) in [5.41, 5.74) is 0.237. The van der Waals surface area contributed by atoms with E-state index < -0.39 is 35.3 Å². The number of hydrogen-bond acceptors (Lipinski definition) is 6. The van der Waals surface area contributed by atoms with Crippen LogP contribution in [0.15, 0.2) is 47.5 Å². The van der Waals surface area contributed by atoms with Crippen LogP contribution in [-0.4, -0.2) is 57.1 Å². The van der Waals surface area contributed by atoms with Gasteiger partial charge in [-0.1, -0.05) is 11.6 Å². The number of fused-ring (bicyclic) bond motifs is 1. The van der Waals surface area contributed by atoms with E-state index in [0.717, 1.165) is 0 Å². The number of aromatic nitrogens is 2. The first-order valence-electron chi connectivity index (χ1n) is 11.3. The molecule has 4 rings (SSSR count). The molecule has 36 heavy (non-hydrogen) atoms. The van der Waals surface area contributed by atoms with Crippen LogP contribution in [0, 0.1) is 5.82 Å². The van der Waals surface area contributed by atoms with Gasteiger partial charge in [-0.2, -0.15) is 0 Å². The molecule has 188 valence electrons. The highest BCUT2D eigenvalue weighted by Crippen LogP contribution is 2.31. The Labute approximate surface area is 211 Å². The van der Waals surface area contributed by atoms with E-state index in [1.54, 1.807) is 27.0 Å². The maximum atomic E-state index is 14.7. The van der Waals surface area contributed by atoms with Crippen molar-refractivity contribution in [2.24, 2.45) is 0 Å². The van der Waals surface area contributed by atoms with E-state index in [-0.39, 0.29) is 39.6 Å². The van der Waals surface area contributed by atoms with Gasteiger partial charge in [0.2, 0.25) is 0 Å². The molecule has 2 atom stereocenters. The van der Waals surface area contributed by atoms with E-state index >= 15 is 0 Å². The van der Waals surface area contributed by atoms with Gasteiger partial charge in [-0.3, -0.25) is 23.9 Å². The van der Waals surface area contributed by atoms with Gasteiger partial charge in [0.25, 0.3) is 17.4 Å². The Kier molecular flexibility index (Phi) is 7.09. The van der Waals surface area contributed by atoms with Gasteiger partial charge in [-0.15, -0.1) is 0 Å². The number of hydrogen-bond donors (Lipinski definition) is 3. The lowest BCUT2D eigenvalue weighted by atomic mass is 10.0. The number of aliphatic hydroxyl groups is 1. The van der Waals surface area contributed by atoms with Crippen LogP contribution in [0.5, 0.6) is 0 Å². The molecule has 11 heteroatoms. The Morgan fingerprint density at radius 3 is 2.61 bits per heavy atom. The summed E-state index contributed by atoms with van der Waals surface area (Å²) in [6.45, 7) is 3.72. The van der Waals surface area contributed by atoms with E-state index in [4.69, 9.17) is 11.6 Å². The number of nitrogens with zero attached hydrogens (tertiary/aromatic N) is 3. The molecular weight excluding hydrogens is 489 g/mol. The number of nitrogens with one attached hydrogen (secondary N) is 2. The van der Waals surface area contributed by atoms with E-state index in [9.17, 15) is 23.9 Å². The van der Waals surface area contributed by atoms with Gasteiger partial charge in [0.15, 0.2) is 0 Å². The molecule has 0 saturated heterocycles. The molecule has 2 unspecified atom stereocenters. The van der Waals surface area contributed by atoms with Crippen LogP contribution in [0.4, 0.5) is 15.8 Å². The molecule has 2 amide bonds. The van der Waals surface area contributed by atoms with Crippen LogP contribution in [-0.2, 0) is 6.54 Å². The highest BCUT2D eigenvalue weighted by Gasteiger charge is 2.29. The number of likely N-dealkylation sites (N-methyl/N-ethyl adjacent to an activating group) is 1. The molecule has 0 radical (unpaired) electrons. The van der Waals surface area contributed by atoms with Crippen LogP contribution in [0.25, 0.3) is 11.1 Å². The highest BCUT2D eigenvalue weighted by molar-refractivity contribution is 6.30. The maximum absolute atomic E-state index is 14.7. The van der Waals surface area contributed by atoms with Crippen molar-refractivity contribution >= 4 is 34.8 Å². The van der Waals surface area contributed by atoms with Gasteiger partial charge in [0.05, 0.1) is 34.6 Å². The van der Waals surface area contributed by atoms with Crippen molar-refractivity contribution < 1.29 is 19.1 Å². The minimum absolute atomic E-state index is 0.00400. The molecular formula is C25H25ClFN5O4. The lowest BCUT2D eigenvalue weighted by molar-refractivity contribution is 0.0747. The first-order chi connectivity index (χ1) is 17.1. The molecule has 0 saturated carbocycles. The number of pyridine rings is 2. The number of anilines is 2. The van der Waals surface area contributed by atoms with Gasteiger partial charge < -0.3 is 20.6 Å². The third-order valence-electron chi connectivity index (χ3n) is 6.13. The van der Waals surface area contributed by atoms with Crippen molar-refractivity contribution in [3.05, 3.63) is 75.2 Å². The molecule has 2 aromatic heterocycles. The maximum Gasteiger partial charge on any atom is 0.272 e. The van der Waals surface area contributed by atoms with E-state index in [1.165, 1.54) is 46.1 Å². The normalized spacial score (nSPS) is 14.7. The summed E-state index contributed by atoms with van der Waals surface area (Å²) in [6.07, 6.45) is 2.03. The molecule has 3 N–H and O–H groups in total. The Hall–Kier alpha value is -3.76. The summed E-state index contributed by atoms with van der Waals surface area (Å²) < 4.78 is 16.0. The molecule has 3 heterocycles. The highest BCUT2D eigenvalue weighted by atomic mass is 35.5. The SMILES string of the molecule is CC(O)C(C)NC(=O)c1cnccc1Nc1cc(-c2cc(Cl)ccc2F)c(=O)n2c1C(=O)N(C)CC2. The van der Waals surface area contributed by atoms with E-state index in [1.807, 2.05) is 0 Å². The second-order valence-electron chi connectivity index (χ2n) is 8.68. The zero-order valence-corrected chi connectivity index (χ0v) is 20.6. The number of aliphatic hydroxyl groups excluding tert-OH is 1.